The van der Waals surface area contributed by atoms with Crippen molar-refractivity contribution in [3.63, 3.8) is 0 Å². The molecule has 0 saturated heterocycles. The zero-order valence-electron chi connectivity index (χ0n) is 5.02. The molecule has 10 heavy (non-hydrogen) atoms. The number of aromatic nitrogens is 2. The summed E-state index contributed by atoms with van der Waals surface area (Å²) in [5.74, 6) is 0. The van der Waals surface area contributed by atoms with Crippen LogP contribution in [0.1, 0.15) is 0 Å². The van der Waals surface area contributed by atoms with Gasteiger partial charge >= 0.3 is 0 Å². The van der Waals surface area contributed by atoms with Gasteiger partial charge in [-0.15, -0.1) is 0 Å². The Kier molecular flexibility index (Phi) is 1.15. The van der Waals surface area contributed by atoms with Crippen molar-refractivity contribution in [2.24, 2.45) is 0 Å². The van der Waals surface area contributed by atoms with Crippen molar-refractivity contribution >= 4 is 21.0 Å². The molecule has 4 heteroatoms. The zero-order chi connectivity index (χ0) is 6.97. The Morgan fingerprint density at radius 1 is 1.50 bits per heavy atom. The average molecular weight is 152 g/mol. The fourth-order valence-electron chi connectivity index (χ4n) is 0.811. The summed E-state index contributed by atoms with van der Waals surface area (Å²) in [6, 6.07) is 1.77. The second kappa shape index (κ2) is 2.00. The molecule has 2 heterocycles. The van der Waals surface area contributed by atoms with E-state index in [1.807, 2.05) is 0 Å². The van der Waals surface area contributed by atoms with Gasteiger partial charge in [0.1, 0.15) is 11.7 Å². The summed E-state index contributed by atoms with van der Waals surface area (Å²) in [6.07, 6.45) is 3.06. The smallest absolute Gasteiger partial charge is 0.275 e. The molecule has 2 aromatic rings. The zero-order valence-corrected chi connectivity index (χ0v) is 5.84. The molecular weight excluding hydrogens is 148 g/mol. The minimum absolute atomic E-state index is 0.620. The Bertz CT molecular complexity index is 357. The van der Waals surface area contributed by atoms with Crippen molar-refractivity contribution in [1.29, 1.82) is 0 Å². The van der Waals surface area contributed by atoms with E-state index in [1.165, 1.54) is 6.33 Å². The first-order valence-electron chi connectivity index (χ1n) is 2.77. The Labute approximate surface area is 60.2 Å². The number of fused-ring (bicyclic) bond motifs is 1. The number of nitrogens with zero attached hydrogens (tertiary/aromatic N) is 2. The van der Waals surface area contributed by atoms with Crippen molar-refractivity contribution in [2.75, 3.05) is 0 Å². The monoisotopic (exact) mass is 152 g/mol. The van der Waals surface area contributed by atoms with Crippen LogP contribution in [0.5, 0.6) is 0 Å². The van der Waals surface area contributed by atoms with Crippen LogP contribution in [0.25, 0.3) is 10.2 Å². The van der Waals surface area contributed by atoms with Crippen molar-refractivity contribution in [2.45, 2.75) is 0 Å². The lowest BCUT2D eigenvalue weighted by Crippen LogP contribution is -1.73. The number of rotatable bonds is 0. The molecule has 1 unspecified atom stereocenters. The third-order valence-corrected chi connectivity index (χ3v) is 2.37. The molecule has 50 valence electrons. The van der Waals surface area contributed by atoms with E-state index in [0.717, 1.165) is 5.39 Å². The molecule has 3 nitrogen and oxygen atoms in total. The van der Waals surface area contributed by atoms with Gasteiger partial charge in [-0.25, -0.2) is 4.98 Å². The molecule has 0 aliphatic carbocycles. The lowest BCUT2D eigenvalue weighted by atomic mass is 10.4. The minimum Gasteiger partial charge on any atom is -0.589 e. The van der Waals surface area contributed by atoms with Gasteiger partial charge in [0.2, 0.25) is 0 Å². The van der Waals surface area contributed by atoms with Gasteiger partial charge in [-0.3, -0.25) is 0 Å². The highest BCUT2D eigenvalue weighted by Gasteiger charge is 2.03. The van der Waals surface area contributed by atoms with Crippen LogP contribution in [0.4, 0.5) is 0 Å². The fraction of sp³-hybridized carbons (Fsp3) is 0. The summed E-state index contributed by atoms with van der Waals surface area (Å²) in [5.41, 5.74) is 0. The lowest BCUT2D eigenvalue weighted by molar-refractivity contribution is 0.599. The highest BCUT2D eigenvalue weighted by molar-refractivity contribution is 7.29. The van der Waals surface area contributed by atoms with Crippen molar-refractivity contribution in [3.05, 3.63) is 24.0 Å². The molecule has 0 radical (unpaired) electrons. The molecule has 0 N–H and O–H groups in total. The van der Waals surface area contributed by atoms with E-state index in [-0.39, 0.29) is 0 Å². The van der Waals surface area contributed by atoms with Gasteiger partial charge in [-0.05, 0) is 10.8 Å². The van der Waals surface area contributed by atoms with Crippen LogP contribution >= 0.6 is 10.8 Å². The van der Waals surface area contributed by atoms with Crippen molar-refractivity contribution in [3.8, 4) is 0 Å². The predicted molar refractivity (Wildman–Crippen MR) is 38.2 cm³/mol. The van der Waals surface area contributed by atoms with Crippen LogP contribution < -0.4 is 0 Å². The SMILES string of the molecule is [O-][s+]1ccc2cncnc21. The van der Waals surface area contributed by atoms with E-state index in [9.17, 15) is 4.55 Å². The second-order valence-electron chi connectivity index (χ2n) is 1.88. The largest absolute Gasteiger partial charge is 0.589 e. The molecule has 0 aliphatic heterocycles. The van der Waals surface area contributed by atoms with Gasteiger partial charge in [0.05, 0.1) is 5.39 Å². The van der Waals surface area contributed by atoms with Crippen LogP contribution in [-0.4, -0.2) is 14.5 Å². The van der Waals surface area contributed by atoms with E-state index >= 15 is 0 Å². The van der Waals surface area contributed by atoms with Crippen LogP contribution in [0.15, 0.2) is 24.0 Å². The van der Waals surface area contributed by atoms with Crippen LogP contribution in [-0.2, 0) is 0 Å². The molecule has 0 saturated carbocycles. The van der Waals surface area contributed by atoms with E-state index < -0.39 is 10.8 Å². The quantitative estimate of drug-likeness (QED) is 0.535. The highest BCUT2D eigenvalue weighted by atomic mass is 32.2. The molecule has 1 atom stereocenters. The fourth-order valence-corrected chi connectivity index (χ4v) is 1.71. The van der Waals surface area contributed by atoms with Gasteiger partial charge in [0, 0.05) is 12.3 Å². The lowest BCUT2D eigenvalue weighted by Gasteiger charge is -1.85. The topological polar surface area (TPSA) is 48.8 Å². The molecule has 0 bridgehead atoms. The predicted octanol–water partition coefficient (Wildman–Crippen LogP) is 1.36. The number of hydrogen-bond acceptors (Lipinski definition) is 3. The Hall–Kier alpha value is -1.00. The molecule has 0 fully saturated rings. The molecule has 0 aromatic carbocycles. The Balaban J connectivity index is 2.93. The van der Waals surface area contributed by atoms with E-state index in [2.05, 4.69) is 9.97 Å². The number of hydrogen-bond donors (Lipinski definition) is 0. The van der Waals surface area contributed by atoms with E-state index in [0.29, 0.717) is 4.83 Å². The third kappa shape index (κ3) is 0.698. The van der Waals surface area contributed by atoms with Crippen LogP contribution in [0.3, 0.4) is 0 Å². The Morgan fingerprint density at radius 2 is 2.40 bits per heavy atom. The second-order valence-corrected chi connectivity index (χ2v) is 3.14. The molecule has 0 spiro atoms. The maximum atomic E-state index is 11.0. The first-order valence-corrected chi connectivity index (χ1v) is 3.98. The molecular formula is C6H4N2OS. The first-order chi connectivity index (χ1) is 4.88. The molecule has 0 aliphatic rings. The molecule has 0 amide bonds. The summed E-state index contributed by atoms with van der Waals surface area (Å²) in [4.78, 5) is 8.28. The first kappa shape index (κ1) is 5.76. The molecule has 2 aromatic heterocycles. The summed E-state index contributed by atoms with van der Waals surface area (Å²) in [7, 11) is -1.03. The summed E-state index contributed by atoms with van der Waals surface area (Å²) >= 11 is 0. The van der Waals surface area contributed by atoms with Crippen molar-refractivity contribution < 1.29 is 4.55 Å². The van der Waals surface area contributed by atoms with Gasteiger partial charge in [0.25, 0.3) is 4.83 Å². The van der Waals surface area contributed by atoms with E-state index in [1.54, 1.807) is 17.6 Å². The standard InChI is InChI=1S/C6H4N2OS/c9-10-2-1-5-3-7-4-8-6(5)10/h1-4H. The normalized spacial score (nSPS) is 12.3. The summed E-state index contributed by atoms with van der Waals surface area (Å²) in [6.45, 7) is 0. The Morgan fingerprint density at radius 3 is 3.20 bits per heavy atom. The minimum atomic E-state index is -1.03. The van der Waals surface area contributed by atoms with Gasteiger partial charge < -0.3 is 4.55 Å². The highest BCUT2D eigenvalue weighted by Crippen LogP contribution is 2.24. The van der Waals surface area contributed by atoms with Gasteiger partial charge in [0.15, 0.2) is 0 Å². The van der Waals surface area contributed by atoms with Gasteiger partial charge in [-0.2, -0.15) is 4.98 Å². The maximum Gasteiger partial charge on any atom is 0.275 e. The van der Waals surface area contributed by atoms with Crippen LogP contribution in [0.2, 0.25) is 0 Å². The molecule has 2 rings (SSSR count). The summed E-state index contributed by atoms with van der Waals surface area (Å²) < 4.78 is 11.0. The summed E-state index contributed by atoms with van der Waals surface area (Å²) in [5, 5.41) is 2.47. The average Bonchev–Trinajstić information content (AvgIpc) is 2.34. The van der Waals surface area contributed by atoms with E-state index in [4.69, 9.17) is 0 Å². The van der Waals surface area contributed by atoms with Gasteiger partial charge in [-0.1, -0.05) is 0 Å². The third-order valence-electron chi connectivity index (χ3n) is 1.26. The van der Waals surface area contributed by atoms with Crippen molar-refractivity contribution in [1.82, 2.24) is 9.97 Å². The maximum absolute atomic E-state index is 11.0. The van der Waals surface area contributed by atoms with Crippen LogP contribution in [0, 0.1) is 0 Å². The number of thiophene rings is 1.